The van der Waals surface area contributed by atoms with Crippen molar-refractivity contribution in [2.24, 2.45) is 0 Å². The summed E-state index contributed by atoms with van der Waals surface area (Å²) >= 11 is 6.45. The number of benzene rings is 1. The van der Waals surface area contributed by atoms with Crippen LogP contribution < -0.4 is 10.6 Å². The second kappa shape index (κ2) is 10.2. The number of rotatable bonds is 6. The lowest BCUT2D eigenvalue weighted by Crippen LogP contribution is -2.35. The van der Waals surface area contributed by atoms with Crippen LogP contribution in [0.3, 0.4) is 0 Å². The molecule has 11 heteroatoms. The summed E-state index contributed by atoms with van der Waals surface area (Å²) in [5.41, 5.74) is 0.327. The predicted molar refractivity (Wildman–Crippen MR) is 137 cm³/mol. The molecule has 0 aliphatic heterocycles. The first-order valence-corrected chi connectivity index (χ1v) is 12.5. The lowest BCUT2D eigenvalue weighted by molar-refractivity contribution is 0.0641. The Kier molecular flexibility index (Phi) is 7.38. The number of ether oxygens (including phenoxy) is 1. The van der Waals surface area contributed by atoms with Gasteiger partial charge in [0.25, 0.3) is 0 Å². The third kappa shape index (κ3) is 5.39. The normalized spacial score (nSPS) is 18.5. The van der Waals surface area contributed by atoms with Crippen molar-refractivity contribution in [1.29, 1.82) is 0 Å². The largest absolute Gasteiger partial charge is 0.446 e. The fourth-order valence-corrected chi connectivity index (χ4v) is 4.86. The molecule has 9 nitrogen and oxygen atoms in total. The van der Waals surface area contributed by atoms with Gasteiger partial charge < -0.3 is 25.0 Å². The van der Waals surface area contributed by atoms with Gasteiger partial charge in [0.05, 0.1) is 22.4 Å². The van der Waals surface area contributed by atoms with Crippen molar-refractivity contribution in [1.82, 2.24) is 24.8 Å². The van der Waals surface area contributed by atoms with E-state index in [0.29, 0.717) is 35.0 Å². The molecule has 2 aromatic heterocycles. The maximum absolute atomic E-state index is 15.3. The van der Waals surface area contributed by atoms with E-state index in [9.17, 15) is 9.90 Å². The van der Waals surface area contributed by atoms with Crippen LogP contribution in [-0.4, -0.2) is 49.9 Å². The Morgan fingerprint density at radius 3 is 2.72 bits per heavy atom. The number of hydrogen-bond donors (Lipinski definition) is 3. The Balaban J connectivity index is 1.67. The summed E-state index contributed by atoms with van der Waals surface area (Å²) in [5.74, 6) is 0.207. The molecular weight excluding hydrogens is 487 g/mol. The molecule has 1 amide bonds. The highest BCUT2D eigenvalue weighted by molar-refractivity contribution is 6.33. The number of imidazole rings is 1. The van der Waals surface area contributed by atoms with E-state index < -0.39 is 17.5 Å². The number of anilines is 1. The summed E-state index contributed by atoms with van der Waals surface area (Å²) in [4.78, 5) is 24.9. The molecule has 0 bridgehead atoms. The molecule has 3 N–H and O–H groups in total. The Morgan fingerprint density at radius 2 is 2.06 bits per heavy atom. The molecule has 36 heavy (non-hydrogen) atoms. The molecule has 0 radical (unpaired) electrons. The van der Waals surface area contributed by atoms with Crippen molar-refractivity contribution >= 4 is 34.7 Å². The lowest BCUT2D eigenvalue weighted by atomic mass is 9.93. The molecule has 1 fully saturated rings. The van der Waals surface area contributed by atoms with Crippen molar-refractivity contribution in [3.63, 3.8) is 0 Å². The summed E-state index contributed by atoms with van der Waals surface area (Å²) in [6.45, 7) is 7.15. The van der Waals surface area contributed by atoms with Crippen LogP contribution >= 0.6 is 11.6 Å². The first kappa shape index (κ1) is 26.1. The van der Waals surface area contributed by atoms with E-state index in [1.807, 2.05) is 18.4 Å². The van der Waals surface area contributed by atoms with E-state index in [2.05, 4.69) is 25.6 Å². The molecule has 194 valence electrons. The van der Waals surface area contributed by atoms with Gasteiger partial charge in [-0.2, -0.15) is 0 Å². The van der Waals surface area contributed by atoms with E-state index in [1.165, 1.54) is 19.3 Å². The SMILES string of the molecule is CNC(=O)OC1CCCC(Nc2ncc(Cl)c(-c3cc(F)c4nc(C(C)(C)O)n(C(C)C)c4c3)n2)C1. The van der Waals surface area contributed by atoms with Gasteiger partial charge in [-0.05, 0) is 59.1 Å². The van der Waals surface area contributed by atoms with E-state index in [4.69, 9.17) is 16.3 Å². The number of halogens is 2. The summed E-state index contributed by atoms with van der Waals surface area (Å²) in [5, 5.41) is 16.7. The molecular formula is C25H32ClFN6O3. The van der Waals surface area contributed by atoms with Gasteiger partial charge >= 0.3 is 6.09 Å². The molecule has 1 aliphatic rings. The number of carbonyl (C=O) groups is 1. The van der Waals surface area contributed by atoms with Gasteiger partial charge in [0.1, 0.15) is 23.0 Å². The first-order chi connectivity index (χ1) is 17.0. The van der Waals surface area contributed by atoms with Crippen LogP contribution in [0.25, 0.3) is 22.3 Å². The summed E-state index contributed by atoms with van der Waals surface area (Å²) in [7, 11) is 1.53. The van der Waals surface area contributed by atoms with Crippen molar-refractivity contribution < 1.29 is 19.0 Å². The first-order valence-electron chi connectivity index (χ1n) is 12.1. The van der Waals surface area contributed by atoms with Crippen LogP contribution in [-0.2, 0) is 10.3 Å². The maximum Gasteiger partial charge on any atom is 0.407 e. The van der Waals surface area contributed by atoms with Crippen LogP contribution in [0.5, 0.6) is 0 Å². The number of hydrogen-bond acceptors (Lipinski definition) is 7. The standard InChI is InChI=1S/C25H32ClFN6O3/c1-13(2)33-19-10-14(9-18(27)21(19)31-22(33)25(3,4)35)20-17(26)12-29-23(32-20)30-15-7-6-8-16(11-15)36-24(34)28-5/h9-10,12-13,15-16,35H,6-8,11H2,1-5H3,(H,28,34)(H,29,30,32). The lowest BCUT2D eigenvalue weighted by Gasteiger charge is -2.29. The topological polar surface area (TPSA) is 114 Å². The van der Waals surface area contributed by atoms with Gasteiger partial charge in [-0.3, -0.25) is 0 Å². The zero-order valence-electron chi connectivity index (χ0n) is 21.1. The van der Waals surface area contributed by atoms with Crippen molar-refractivity contribution in [3.8, 4) is 11.3 Å². The average molecular weight is 519 g/mol. The number of nitrogens with zero attached hydrogens (tertiary/aromatic N) is 4. The average Bonchev–Trinajstić information content (AvgIpc) is 3.21. The van der Waals surface area contributed by atoms with Crippen LogP contribution in [0.15, 0.2) is 18.3 Å². The molecule has 0 spiro atoms. The number of nitrogens with one attached hydrogen (secondary N) is 2. The van der Waals surface area contributed by atoms with Crippen LogP contribution in [0.2, 0.25) is 5.02 Å². The summed E-state index contributed by atoms with van der Waals surface area (Å²) < 4.78 is 22.5. The number of aliphatic hydroxyl groups is 1. The minimum Gasteiger partial charge on any atom is -0.446 e. The third-order valence-corrected chi connectivity index (χ3v) is 6.54. The van der Waals surface area contributed by atoms with Crippen molar-refractivity contribution in [2.75, 3.05) is 12.4 Å². The second-order valence-corrected chi connectivity index (χ2v) is 10.4. The number of carbonyl (C=O) groups excluding carboxylic acids is 1. The van der Waals surface area contributed by atoms with Crippen LogP contribution in [0.1, 0.15) is 65.2 Å². The smallest absolute Gasteiger partial charge is 0.407 e. The molecule has 1 saturated carbocycles. The van der Waals surface area contributed by atoms with Gasteiger partial charge in [0.2, 0.25) is 5.95 Å². The predicted octanol–water partition coefficient (Wildman–Crippen LogP) is 5.17. The van der Waals surface area contributed by atoms with Gasteiger partial charge in [-0.15, -0.1) is 0 Å². The van der Waals surface area contributed by atoms with Gasteiger partial charge in [0.15, 0.2) is 5.82 Å². The van der Waals surface area contributed by atoms with Gasteiger partial charge in [0, 0.05) is 31.1 Å². The zero-order chi connectivity index (χ0) is 26.2. The zero-order valence-corrected chi connectivity index (χ0v) is 21.9. The summed E-state index contributed by atoms with van der Waals surface area (Å²) in [6, 6.07) is 3.07. The minimum atomic E-state index is -1.25. The Bertz CT molecular complexity index is 1270. The number of amides is 1. The Hall–Kier alpha value is -2.98. The monoisotopic (exact) mass is 518 g/mol. The van der Waals surface area contributed by atoms with Crippen LogP contribution in [0, 0.1) is 5.82 Å². The Morgan fingerprint density at radius 1 is 1.31 bits per heavy atom. The molecule has 4 rings (SSSR count). The van der Waals surface area contributed by atoms with E-state index >= 15 is 4.39 Å². The molecule has 0 saturated heterocycles. The molecule has 3 aromatic rings. The molecule has 1 aliphatic carbocycles. The minimum absolute atomic E-state index is 0.0124. The Labute approximate surface area is 214 Å². The fraction of sp³-hybridized carbons (Fsp3) is 0.520. The number of fused-ring (bicyclic) bond motifs is 1. The third-order valence-electron chi connectivity index (χ3n) is 6.27. The molecule has 2 atom stereocenters. The molecule has 2 unspecified atom stereocenters. The van der Waals surface area contributed by atoms with Crippen molar-refractivity contribution in [3.05, 3.63) is 35.0 Å². The highest BCUT2D eigenvalue weighted by Crippen LogP contribution is 2.35. The van der Waals surface area contributed by atoms with Gasteiger partial charge in [-0.25, -0.2) is 24.1 Å². The number of aromatic nitrogens is 4. The van der Waals surface area contributed by atoms with E-state index in [0.717, 1.165) is 19.3 Å². The molecule has 1 aromatic carbocycles. The molecule has 2 heterocycles. The maximum atomic E-state index is 15.3. The van der Waals surface area contributed by atoms with E-state index in [1.54, 1.807) is 19.9 Å². The summed E-state index contributed by atoms with van der Waals surface area (Å²) in [6.07, 6.45) is 4.04. The van der Waals surface area contributed by atoms with E-state index in [-0.39, 0.29) is 28.7 Å². The van der Waals surface area contributed by atoms with Crippen molar-refractivity contribution in [2.45, 2.75) is 77.2 Å². The van der Waals surface area contributed by atoms with Gasteiger partial charge in [-0.1, -0.05) is 11.6 Å². The highest BCUT2D eigenvalue weighted by atomic mass is 35.5. The number of alkyl carbamates (subject to hydrolysis) is 1. The fourth-order valence-electron chi connectivity index (χ4n) is 4.66. The quantitative estimate of drug-likeness (QED) is 0.412. The second-order valence-electron chi connectivity index (χ2n) is 9.96. The van der Waals surface area contributed by atoms with Crippen LogP contribution in [0.4, 0.5) is 15.1 Å². The highest BCUT2D eigenvalue weighted by Gasteiger charge is 2.28.